The lowest BCUT2D eigenvalue weighted by Crippen LogP contribution is -2.40. The lowest BCUT2D eigenvalue weighted by Gasteiger charge is -2.34. The first-order chi connectivity index (χ1) is 11.6. The molecule has 1 amide bonds. The van der Waals surface area contributed by atoms with Gasteiger partial charge in [-0.2, -0.15) is 0 Å². The van der Waals surface area contributed by atoms with Gasteiger partial charge in [0.1, 0.15) is 11.6 Å². The highest BCUT2D eigenvalue weighted by atomic mass is 19.1. The Balaban J connectivity index is 1.63. The van der Waals surface area contributed by atoms with E-state index < -0.39 is 11.9 Å². The maximum Gasteiger partial charge on any atom is 0.256 e. The van der Waals surface area contributed by atoms with Crippen LogP contribution < -0.4 is 0 Å². The number of nitrogens with zero attached hydrogens (tertiary/aromatic N) is 1. The Bertz CT molecular complexity index is 712. The maximum absolute atomic E-state index is 13.8. The fraction of sp³-hybridized carbons (Fsp3) is 0.316. The quantitative estimate of drug-likeness (QED) is 0.909. The highest BCUT2D eigenvalue weighted by molar-refractivity contribution is 5.94. The number of carbonyl (C=O) groups is 1. The molecule has 0 bridgehead atoms. The number of benzene rings is 2. The SMILES string of the molecule is O=C(c1ccc(O)cc1F)N1CCC([C@@H](O)c2ccccc2)CC1. The van der Waals surface area contributed by atoms with Gasteiger partial charge in [0.05, 0.1) is 11.7 Å². The van der Waals surface area contributed by atoms with Gasteiger partial charge in [-0.3, -0.25) is 4.79 Å². The Kier molecular flexibility index (Phi) is 4.81. The van der Waals surface area contributed by atoms with E-state index in [1.807, 2.05) is 30.3 Å². The van der Waals surface area contributed by atoms with Crippen molar-refractivity contribution in [3.05, 3.63) is 65.5 Å². The monoisotopic (exact) mass is 329 g/mol. The summed E-state index contributed by atoms with van der Waals surface area (Å²) in [5.74, 6) is -1.21. The lowest BCUT2D eigenvalue weighted by molar-refractivity contribution is 0.0459. The molecule has 1 saturated heterocycles. The van der Waals surface area contributed by atoms with Gasteiger partial charge >= 0.3 is 0 Å². The standard InChI is InChI=1S/C19H20FNO3/c20-17-12-15(22)6-7-16(17)19(24)21-10-8-14(9-11-21)18(23)13-4-2-1-3-5-13/h1-7,12,14,18,22-23H,8-11H2/t18-/m0/s1. The van der Waals surface area contributed by atoms with Gasteiger partial charge in [0.15, 0.2) is 0 Å². The molecular weight excluding hydrogens is 309 g/mol. The average Bonchev–Trinajstić information content (AvgIpc) is 2.61. The molecule has 0 aromatic heterocycles. The first kappa shape index (κ1) is 16.5. The van der Waals surface area contributed by atoms with Gasteiger partial charge in [-0.25, -0.2) is 4.39 Å². The lowest BCUT2D eigenvalue weighted by atomic mass is 9.87. The molecule has 0 unspecified atom stereocenters. The van der Waals surface area contributed by atoms with Crippen LogP contribution in [0.25, 0.3) is 0 Å². The second kappa shape index (κ2) is 7.01. The minimum absolute atomic E-state index is 0.0325. The third-order valence-corrected chi connectivity index (χ3v) is 4.60. The summed E-state index contributed by atoms with van der Waals surface area (Å²) >= 11 is 0. The molecule has 1 heterocycles. The van der Waals surface area contributed by atoms with Crippen LogP contribution in [0.3, 0.4) is 0 Å². The summed E-state index contributed by atoms with van der Waals surface area (Å²) in [6, 6.07) is 13.0. The van der Waals surface area contributed by atoms with Crippen molar-refractivity contribution in [2.75, 3.05) is 13.1 Å². The van der Waals surface area contributed by atoms with Crippen LogP contribution in [0.2, 0.25) is 0 Å². The highest BCUT2D eigenvalue weighted by Crippen LogP contribution is 2.31. The van der Waals surface area contributed by atoms with Crippen molar-refractivity contribution in [1.82, 2.24) is 4.90 Å². The summed E-state index contributed by atoms with van der Waals surface area (Å²) in [6.45, 7) is 0.960. The fourth-order valence-corrected chi connectivity index (χ4v) is 3.19. The normalized spacial score (nSPS) is 16.8. The molecule has 5 heteroatoms. The van der Waals surface area contributed by atoms with Crippen LogP contribution in [0.1, 0.15) is 34.9 Å². The van der Waals surface area contributed by atoms with Crippen LogP contribution in [0.15, 0.2) is 48.5 Å². The molecule has 0 aliphatic carbocycles. The zero-order valence-corrected chi connectivity index (χ0v) is 13.2. The van der Waals surface area contributed by atoms with Crippen LogP contribution in [0.5, 0.6) is 5.75 Å². The Labute approximate surface area is 140 Å². The van der Waals surface area contributed by atoms with E-state index in [4.69, 9.17) is 0 Å². The molecule has 24 heavy (non-hydrogen) atoms. The van der Waals surface area contributed by atoms with E-state index in [0.717, 1.165) is 11.6 Å². The highest BCUT2D eigenvalue weighted by Gasteiger charge is 2.29. The van der Waals surface area contributed by atoms with E-state index in [2.05, 4.69) is 0 Å². The van der Waals surface area contributed by atoms with Crippen molar-refractivity contribution in [3.8, 4) is 5.75 Å². The van der Waals surface area contributed by atoms with Crippen LogP contribution in [-0.2, 0) is 0 Å². The molecule has 0 radical (unpaired) electrons. The molecule has 0 saturated carbocycles. The van der Waals surface area contributed by atoms with Crippen molar-refractivity contribution >= 4 is 5.91 Å². The Morgan fingerprint density at radius 3 is 2.42 bits per heavy atom. The number of hydrogen-bond donors (Lipinski definition) is 2. The number of rotatable bonds is 3. The van der Waals surface area contributed by atoms with E-state index in [-0.39, 0.29) is 23.1 Å². The number of aromatic hydroxyl groups is 1. The number of amides is 1. The third-order valence-electron chi connectivity index (χ3n) is 4.60. The second-order valence-electron chi connectivity index (χ2n) is 6.15. The number of carbonyl (C=O) groups excluding carboxylic acids is 1. The van der Waals surface area contributed by atoms with Crippen molar-refractivity contribution in [2.24, 2.45) is 5.92 Å². The van der Waals surface area contributed by atoms with Gasteiger partial charge in [-0.05, 0) is 36.5 Å². The number of phenols is 1. The minimum atomic E-state index is -0.716. The summed E-state index contributed by atoms with van der Waals surface area (Å²) in [5.41, 5.74) is 0.849. The molecule has 2 aromatic carbocycles. The summed E-state index contributed by atoms with van der Waals surface area (Å²) in [6.07, 6.45) is 0.789. The first-order valence-corrected chi connectivity index (χ1v) is 8.07. The van der Waals surface area contributed by atoms with Gasteiger partial charge < -0.3 is 15.1 Å². The number of aliphatic hydroxyl groups excluding tert-OH is 1. The molecule has 2 aromatic rings. The average molecular weight is 329 g/mol. The predicted octanol–water partition coefficient (Wildman–Crippen LogP) is 3.12. The predicted molar refractivity (Wildman–Crippen MR) is 88.1 cm³/mol. The van der Waals surface area contributed by atoms with Crippen LogP contribution in [-0.4, -0.2) is 34.1 Å². The molecule has 1 aliphatic rings. The maximum atomic E-state index is 13.8. The molecule has 2 N–H and O–H groups in total. The van der Waals surface area contributed by atoms with E-state index in [9.17, 15) is 19.4 Å². The number of phenolic OH excluding ortho intramolecular Hbond substituents is 1. The summed E-state index contributed by atoms with van der Waals surface area (Å²) in [5, 5.41) is 19.7. The van der Waals surface area contributed by atoms with Gasteiger partial charge in [0.25, 0.3) is 5.91 Å². The topological polar surface area (TPSA) is 60.8 Å². The molecular formula is C19H20FNO3. The molecule has 1 fully saturated rings. The summed E-state index contributed by atoms with van der Waals surface area (Å²) in [7, 11) is 0. The largest absolute Gasteiger partial charge is 0.508 e. The van der Waals surface area contributed by atoms with Gasteiger partial charge in [0.2, 0.25) is 0 Å². The van der Waals surface area contributed by atoms with Gasteiger partial charge in [-0.1, -0.05) is 30.3 Å². The molecule has 1 atom stereocenters. The van der Waals surface area contributed by atoms with Crippen LogP contribution in [0.4, 0.5) is 4.39 Å². The zero-order chi connectivity index (χ0) is 17.1. The third kappa shape index (κ3) is 3.41. The van der Waals surface area contributed by atoms with E-state index in [1.54, 1.807) is 4.90 Å². The molecule has 3 rings (SSSR count). The molecule has 4 nitrogen and oxygen atoms in total. The van der Waals surface area contributed by atoms with E-state index in [1.165, 1.54) is 12.1 Å². The fourth-order valence-electron chi connectivity index (χ4n) is 3.19. The number of halogens is 1. The van der Waals surface area contributed by atoms with Gasteiger partial charge in [-0.15, -0.1) is 0 Å². The molecule has 126 valence electrons. The number of piperidine rings is 1. The van der Waals surface area contributed by atoms with Crippen LogP contribution >= 0.6 is 0 Å². The first-order valence-electron chi connectivity index (χ1n) is 8.07. The van der Waals surface area contributed by atoms with Crippen molar-refractivity contribution in [2.45, 2.75) is 18.9 Å². The smallest absolute Gasteiger partial charge is 0.256 e. The van der Waals surface area contributed by atoms with Gasteiger partial charge in [0, 0.05) is 19.2 Å². The minimum Gasteiger partial charge on any atom is -0.508 e. The van der Waals surface area contributed by atoms with Crippen LogP contribution in [0, 0.1) is 11.7 Å². The Hall–Kier alpha value is -2.40. The van der Waals surface area contributed by atoms with Crippen molar-refractivity contribution in [1.29, 1.82) is 0 Å². The van der Waals surface area contributed by atoms with Crippen molar-refractivity contribution in [3.63, 3.8) is 0 Å². The Morgan fingerprint density at radius 1 is 1.12 bits per heavy atom. The summed E-state index contributed by atoms with van der Waals surface area (Å²) < 4.78 is 13.8. The number of likely N-dealkylation sites (tertiary alicyclic amines) is 1. The molecule has 1 aliphatic heterocycles. The van der Waals surface area contributed by atoms with E-state index in [0.29, 0.717) is 25.9 Å². The van der Waals surface area contributed by atoms with E-state index >= 15 is 0 Å². The summed E-state index contributed by atoms with van der Waals surface area (Å²) in [4.78, 5) is 14.0. The number of hydrogen-bond acceptors (Lipinski definition) is 3. The van der Waals surface area contributed by atoms with Crippen molar-refractivity contribution < 1.29 is 19.4 Å². The molecule has 0 spiro atoms. The Morgan fingerprint density at radius 2 is 1.79 bits per heavy atom. The second-order valence-corrected chi connectivity index (χ2v) is 6.15. The zero-order valence-electron chi connectivity index (χ0n) is 13.2. The number of aliphatic hydroxyl groups is 1.